The molecule has 9 aromatic carbocycles. The van der Waals surface area contributed by atoms with Gasteiger partial charge >= 0.3 is 0 Å². The van der Waals surface area contributed by atoms with E-state index in [0.29, 0.717) is 17.5 Å². The van der Waals surface area contributed by atoms with Crippen LogP contribution in [0.25, 0.3) is 83.9 Å². The largest absolute Gasteiger partial charge is 0.309 e. The standard InChI is InChI=1S/C58H36N4S/c1-2-14-38(15-3-1)55-59-56(61-57(60-55)40-30-33-42(34-31-40)62-51-23-11-6-18-45(51)46-19-7-12-24-52(46)62)39-28-26-37(27-29-39)41-32-35-54-50(36-41)58(49-22-10-13-25-53(49)63-54)47-20-8-4-16-43(47)44-17-5-9-21-48(44)58/h1-36H. The summed E-state index contributed by atoms with van der Waals surface area (Å²) < 4.78 is 2.33. The molecule has 4 nitrogen and oxygen atoms in total. The highest BCUT2D eigenvalue weighted by Crippen LogP contribution is 2.62. The number of benzene rings is 9. The number of aromatic nitrogens is 4. The van der Waals surface area contributed by atoms with Gasteiger partial charge in [0, 0.05) is 42.9 Å². The third kappa shape index (κ3) is 5.46. The first-order chi connectivity index (χ1) is 31.2. The van der Waals surface area contributed by atoms with Crippen molar-refractivity contribution in [2.24, 2.45) is 0 Å². The summed E-state index contributed by atoms with van der Waals surface area (Å²) in [5, 5.41) is 2.48. The van der Waals surface area contributed by atoms with Crippen molar-refractivity contribution < 1.29 is 0 Å². The van der Waals surface area contributed by atoms with Crippen molar-refractivity contribution in [3.63, 3.8) is 0 Å². The van der Waals surface area contributed by atoms with Crippen LogP contribution in [-0.4, -0.2) is 19.5 Å². The molecule has 1 aliphatic carbocycles. The van der Waals surface area contributed by atoms with E-state index in [9.17, 15) is 0 Å². The highest BCUT2D eigenvalue weighted by atomic mass is 32.2. The number of rotatable bonds is 5. The van der Waals surface area contributed by atoms with Gasteiger partial charge in [0.1, 0.15) is 0 Å². The zero-order valence-corrected chi connectivity index (χ0v) is 34.8. The summed E-state index contributed by atoms with van der Waals surface area (Å²) in [4.78, 5) is 17.8. The van der Waals surface area contributed by atoms with Crippen LogP contribution in [0.4, 0.5) is 0 Å². The van der Waals surface area contributed by atoms with Crippen molar-refractivity contribution in [3.8, 4) is 62.1 Å². The fourth-order valence-corrected chi connectivity index (χ4v) is 11.3. The summed E-state index contributed by atoms with van der Waals surface area (Å²) >= 11 is 1.87. The number of para-hydroxylation sites is 2. The minimum absolute atomic E-state index is 0.420. The SMILES string of the molecule is c1ccc(-c2nc(-c3ccc(-c4ccc5c(c4)C4(c6ccccc6S5)c5ccccc5-c5ccccc54)cc3)nc(-c3ccc(-n4c5ccccc5c5ccccc54)cc3)n2)cc1. The smallest absolute Gasteiger partial charge is 0.164 e. The predicted octanol–water partition coefficient (Wildman–Crippen LogP) is 14.5. The molecule has 0 bridgehead atoms. The average molecular weight is 821 g/mol. The fraction of sp³-hybridized carbons (Fsp3) is 0.0172. The maximum Gasteiger partial charge on any atom is 0.164 e. The van der Waals surface area contributed by atoms with Gasteiger partial charge in [-0.3, -0.25) is 0 Å². The Bertz CT molecular complexity index is 3490. The van der Waals surface area contributed by atoms with Gasteiger partial charge in [-0.2, -0.15) is 0 Å². The summed E-state index contributed by atoms with van der Waals surface area (Å²) in [6, 6.07) is 78.6. The van der Waals surface area contributed by atoms with Gasteiger partial charge in [-0.05, 0) is 99.1 Å². The molecule has 11 aromatic rings. The number of fused-ring (bicyclic) bond motifs is 12. The summed E-state index contributed by atoms with van der Waals surface area (Å²) in [5.41, 5.74) is 16.1. The van der Waals surface area contributed by atoms with Gasteiger partial charge < -0.3 is 4.57 Å². The molecule has 0 saturated heterocycles. The van der Waals surface area contributed by atoms with Crippen molar-refractivity contribution in [2.45, 2.75) is 15.2 Å². The van der Waals surface area contributed by atoms with Gasteiger partial charge in [0.2, 0.25) is 0 Å². The maximum atomic E-state index is 5.13. The first kappa shape index (κ1) is 35.9. The van der Waals surface area contributed by atoms with Crippen LogP contribution in [0.15, 0.2) is 228 Å². The van der Waals surface area contributed by atoms with E-state index in [2.05, 4.69) is 205 Å². The van der Waals surface area contributed by atoms with Crippen LogP contribution in [0.1, 0.15) is 22.3 Å². The van der Waals surface area contributed by atoms with E-state index in [1.165, 1.54) is 70.5 Å². The lowest BCUT2D eigenvalue weighted by molar-refractivity contribution is 0.723. The Kier molecular flexibility index (Phi) is 8.02. The minimum atomic E-state index is -0.420. The molecule has 5 heteroatoms. The van der Waals surface area contributed by atoms with Gasteiger partial charge in [0.25, 0.3) is 0 Å². The average Bonchev–Trinajstić information content (AvgIpc) is 3.85. The molecule has 0 N–H and O–H groups in total. The minimum Gasteiger partial charge on any atom is -0.309 e. The molecule has 0 atom stereocenters. The number of hydrogen-bond donors (Lipinski definition) is 0. The van der Waals surface area contributed by atoms with E-state index in [4.69, 9.17) is 15.0 Å². The molecule has 0 fully saturated rings. The van der Waals surface area contributed by atoms with Crippen LogP contribution in [0.2, 0.25) is 0 Å². The van der Waals surface area contributed by atoms with Gasteiger partial charge in [-0.1, -0.05) is 176 Å². The van der Waals surface area contributed by atoms with Crippen LogP contribution >= 0.6 is 11.8 Å². The predicted molar refractivity (Wildman–Crippen MR) is 257 cm³/mol. The van der Waals surface area contributed by atoms with Crippen LogP contribution in [-0.2, 0) is 5.41 Å². The molecule has 294 valence electrons. The van der Waals surface area contributed by atoms with Crippen molar-refractivity contribution in [3.05, 3.63) is 241 Å². The van der Waals surface area contributed by atoms with Crippen LogP contribution in [0.3, 0.4) is 0 Å². The molecule has 13 rings (SSSR count). The lowest BCUT2D eigenvalue weighted by atomic mass is 9.67. The Balaban J connectivity index is 0.899. The van der Waals surface area contributed by atoms with Crippen molar-refractivity contribution in [1.82, 2.24) is 19.5 Å². The molecule has 1 spiro atoms. The second-order valence-corrected chi connectivity index (χ2v) is 17.4. The first-order valence-electron chi connectivity index (χ1n) is 21.3. The Morgan fingerprint density at radius 2 is 0.778 bits per heavy atom. The summed E-state index contributed by atoms with van der Waals surface area (Å²) in [5.74, 6) is 1.90. The van der Waals surface area contributed by atoms with Crippen LogP contribution in [0.5, 0.6) is 0 Å². The van der Waals surface area contributed by atoms with E-state index in [0.717, 1.165) is 27.9 Å². The Morgan fingerprint density at radius 3 is 1.40 bits per heavy atom. The van der Waals surface area contributed by atoms with Gasteiger partial charge in [-0.15, -0.1) is 0 Å². The van der Waals surface area contributed by atoms with Gasteiger partial charge in [0.15, 0.2) is 17.5 Å². The monoisotopic (exact) mass is 820 g/mol. The molecule has 0 amide bonds. The molecular weight excluding hydrogens is 785 g/mol. The third-order valence-electron chi connectivity index (χ3n) is 13.0. The van der Waals surface area contributed by atoms with Gasteiger partial charge in [-0.25, -0.2) is 15.0 Å². The third-order valence-corrected chi connectivity index (χ3v) is 14.1. The number of nitrogens with zero attached hydrogens (tertiary/aromatic N) is 4. The molecule has 63 heavy (non-hydrogen) atoms. The molecule has 3 heterocycles. The Labute approximate surface area is 369 Å². The normalized spacial score (nSPS) is 13.1. The van der Waals surface area contributed by atoms with E-state index < -0.39 is 5.41 Å². The zero-order valence-electron chi connectivity index (χ0n) is 34.0. The highest BCUT2D eigenvalue weighted by molar-refractivity contribution is 7.99. The Hall–Kier alpha value is -7.86. The molecule has 0 unspecified atom stereocenters. The molecular formula is C58H36N4S. The molecule has 0 radical (unpaired) electrons. The lowest BCUT2D eigenvalue weighted by Crippen LogP contribution is -2.32. The quantitative estimate of drug-likeness (QED) is 0.173. The lowest BCUT2D eigenvalue weighted by Gasteiger charge is -2.40. The van der Waals surface area contributed by atoms with Crippen molar-refractivity contribution >= 4 is 33.6 Å². The summed E-state index contributed by atoms with van der Waals surface area (Å²) in [6.45, 7) is 0. The van der Waals surface area contributed by atoms with Crippen LogP contribution in [0, 0.1) is 0 Å². The van der Waals surface area contributed by atoms with E-state index >= 15 is 0 Å². The first-order valence-corrected chi connectivity index (χ1v) is 22.2. The van der Waals surface area contributed by atoms with E-state index in [1.54, 1.807) is 0 Å². The topological polar surface area (TPSA) is 43.6 Å². The fourth-order valence-electron chi connectivity index (χ4n) is 10.2. The van der Waals surface area contributed by atoms with E-state index in [-0.39, 0.29) is 0 Å². The molecule has 0 saturated carbocycles. The molecule has 2 aromatic heterocycles. The summed E-state index contributed by atoms with van der Waals surface area (Å²) in [7, 11) is 0. The number of hydrogen-bond acceptors (Lipinski definition) is 4. The van der Waals surface area contributed by atoms with Gasteiger partial charge in [0.05, 0.1) is 16.4 Å². The van der Waals surface area contributed by atoms with Crippen LogP contribution < -0.4 is 0 Å². The second kappa shape index (κ2) is 14.1. The highest BCUT2D eigenvalue weighted by Gasteiger charge is 2.50. The maximum absolute atomic E-state index is 5.13. The summed E-state index contributed by atoms with van der Waals surface area (Å²) in [6.07, 6.45) is 0. The molecule has 1 aliphatic heterocycles. The molecule has 2 aliphatic rings. The van der Waals surface area contributed by atoms with Crippen molar-refractivity contribution in [1.29, 1.82) is 0 Å². The van der Waals surface area contributed by atoms with Crippen molar-refractivity contribution in [2.75, 3.05) is 0 Å². The second-order valence-electron chi connectivity index (χ2n) is 16.3. The zero-order chi connectivity index (χ0) is 41.5. The Morgan fingerprint density at radius 1 is 0.333 bits per heavy atom. The van der Waals surface area contributed by atoms with E-state index in [1.807, 2.05) is 30.0 Å².